The van der Waals surface area contributed by atoms with E-state index < -0.39 is 5.91 Å². The number of hydrogen-bond donors (Lipinski definition) is 1. The lowest BCUT2D eigenvalue weighted by atomic mass is 9.86. The van der Waals surface area contributed by atoms with Crippen LogP contribution in [0.3, 0.4) is 0 Å². The first-order valence-corrected chi connectivity index (χ1v) is 8.68. The molecule has 2 fully saturated rings. The summed E-state index contributed by atoms with van der Waals surface area (Å²) in [7, 11) is 0. The van der Waals surface area contributed by atoms with Crippen molar-refractivity contribution in [3.8, 4) is 0 Å². The van der Waals surface area contributed by atoms with Crippen molar-refractivity contribution in [2.75, 3.05) is 11.9 Å². The Bertz CT molecular complexity index is 600. The Balaban J connectivity index is 1.44. The molecule has 0 saturated heterocycles. The highest BCUT2D eigenvalue weighted by Gasteiger charge is 2.40. The van der Waals surface area contributed by atoms with E-state index in [1.165, 1.54) is 19.3 Å². The third kappa shape index (κ3) is 3.99. The molecule has 2 bridgehead atoms. The summed E-state index contributed by atoms with van der Waals surface area (Å²) in [5, 5.41) is 3.27. The van der Waals surface area contributed by atoms with Crippen LogP contribution < -0.4 is 5.32 Å². The molecule has 0 spiro atoms. The van der Waals surface area contributed by atoms with Gasteiger partial charge in [-0.15, -0.1) is 0 Å². The molecule has 0 aromatic heterocycles. The van der Waals surface area contributed by atoms with Crippen LogP contribution in [0.1, 0.15) is 32.1 Å². The SMILES string of the molecule is O=C(COC(=O)C[C@H]1C[C@@H]2CC[C@@H]1C2)Nc1c(Cl)cccc1Cl. The first-order chi connectivity index (χ1) is 11.0. The van der Waals surface area contributed by atoms with Crippen molar-refractivity contribution >= 4 is 40.8 Å². The molecular formula is C17H19Cl2NO3. The minimum absolute atomic E-state index is 0.303. The van der Waals surface area contributed by atoms with Crippen LogP contribution >= 0.6 is 23.2 Å². The van der Waals surface area contributed by atoms with Crippen LogP contribution in [-0.4, -0.2) is 18.5 Å². The van der Waals surface area contributed by atoms with E-state index in [1.54, 1.807) is 18.2 Å². The zero-order valence-corrected chi connectivity index (χ0v) is 14.2. The van der Waals surface area contributed by atoms with Gasteiger partial charge in [0.1, 0.15) is 0 Å². The lowest BCUT2D eigenvalue weighted by Crippen LogP contribution is -2.23. The van der Waals surface area contributed by atoms with Crippen molar-refractivity contribution in [2.24, 2.45) is 17.8 Å². The van der Waals surface area contributed by atoms with E-state index in [1.807, 2.05) is 0 Å². The Labute approximate surface area is 145 Å². The molecule has 2 aliphatic rings. The summed E-state index contributed by atoms with van der Waals surface area (Å²) in [5.41, 5.74) is 0.338. The smallest absolute Gasteiger partial charge is 0.306 e. The summed E-state index contributed by atoms with van der Waals surface area (Å²) in [6.07, 6.45) is 5.33. The van der Waals surface area contributed by atoms with E-state index in [2.05, 4.69) is 5.32 Å². The summed E-state index contributed by atoms with van der Waals surface area (Å²) >= 11 is 12.0. The number of amides is 1. The lowest BCUT2D eigenvalue weighted by Gasteiger charge is -2.20. The van der Waals surface area contributed by atoms with E-state index >= 15 is 0 Å². The van der Waals surface area contributed by atoms with Crippen LogP contribution in [0.2, 0.25) is 10.0 Å². The van der Waals surface area contributed by atoms with Crippen LogP contribution in [0.15, 0.2) is 18.2 Å². The van der Waals surface area contributed by atoms with Gasteiger partial charge in [0, 0.05) is 6.42 Å². The Kier molecular flexibility index (Phi) is 5.12. The highest BCUT2D eigenvalue weighted by molar-refractivity contribution is 6.39. The van der Waals surface area contributed by atoms with Crippen LogP contribution in [0.5, 0.6) is 0 Å². The van der Waals surface area contributed by atoms with E-state index in [4.69, 9.17) is 27.9 Å². The summed E-state index contributed by atoms with van der Waals surface area (Å²) in [4.78, 5) is 23.8. The van der Waals surface area contributed by atoms with E-state index in [9.17, 15) is 9.59 Å². The number of ether oxygens (including phenoxy) is 1. The molecule has 0 radical (unpaired) electrons. The lowest BCUT2D eigenvalue weighted by molar-refractivity contribution is -0.148. The first kappa shape index (κ1) is 16.6. The molecule has 4 nitrogen and oxygen atoms in total. The molecule has 2 aliphatic carbocycles. The maximum Gasteiger partial charge on any atom is 0.306 e. The van der Waals surface area contributed by atoms with E-state index in [0.29, 0.717) is 34.0 Å². The molecule has 1 aromatic carbocycles. The molecule has 0 heterocycles. The van der Waals surface area contributed by atoms with Crippen molar-refractivity contribution in [3.05, 3.63) is 28.2 Å². The Morgan fingerprint density at radius 3 is 2.52 bits per heavy atom. The number of hydrogen-bond acceptors (Lipinski definition) is 3. The molecule has 0 aliphatic heterocycles. The van der Waals surface area contributed by atoms with E-state index in [-0.39, 0.29) is 12.6 Å². The highest BCUT2D eigenvalue weighted by atomic mass is 35.5. The molecule has 1 aromatic rings. The number of carbonyl (C=O) groups excluding carboxylic acids is 2. The molecule has 124 valence electrons. The average Bonchev–Trinajstić information content (AvgIpc) is 3.12. The minimum Gasteiger partial charge on any atom is -0.456 e. The molecule has 3 atom stereocenters. The quantitative estimate of drug-likeness (QED) is 0.801. The molecule has 23 heavy (non-hydrogen) atoms. The second kappa shape index (κ2) is 7.10. The molecule has 1 N–H and O–H groups in total. The highest BCUT2D eigenvalue weighted by Crippen LogP contribution is 2.49. The number of anilines is 1. The molecule has 6 heteroatoms. The maximum atomic E-state index is 11.9. The Morgan fingerprint density at radius 2 is 1.91 bits per heavy atom. The Morgan fingerprint density at radius 1 is 1.17 bits per heavy atom. The largest absolute Gasteiger partial charge is 0.456 e. The summed E-state index contributed by atoms with van der Waals surface area (Å²) in [6, 6.07) is 4.95. The van der Waals surface area contributed by atoms with Crippen molar-refractivity contribution in [1.29, 1.82) is 0 Å². The monoisotopic (exact) mass is 355 g/mol. The third-order valence-electron chi connectivity index (χ3n) is 4.90. The number of nitrogens with one attached hydrogen (secondary N) is 1. The number of rotatable bonds is 5. The van der Waals surface area contributed by atoms with Gasteiger partial charge in [0.25, 0.3) is 5.91 Å². The zero-order chi connectivity index (χ0) is 16.4. The van der Waals surface area contributed by atoms with Gasteiger partial charge in [-0.1, -0.05) is 35.7 Å². The molecule has 0 unspecified atom stereocenters. The molecule has 1 amide bonds. The fourth-order valence-corrected chi connectivity index (χ4v) is 4.33. The number of esters is 1. The van der Waals surface area contributed by atoms with Crippen molar-refractivity contribution in [3.63, 3.8) is 0 Å². The zero-order valence-electron chi connectivity index (χ0n) is 12.7. The second-order valence-corrected chi connectivity index (χ2v) is 7.26. The van der Waals surface area contributed by atoms with Gasteiger partial charge < -0.3 is 10.1 Å². The topological polar surface area (TPSA) is 55.4 Å². The van der Waals surface area contributed by atoms with Gasteiger partial charge in [-0.2, -0.15) is 0 Å². The fourth-order valence-electron chi connectivity index (χ4n) is 3.84. The van der Waals surface area contributed by atoms with Crippen molar-refractivity contribution in [1.82, 2.24) is 0 Å². The number of carbonyl (C=O) groups is 2. The van der Waals surface area contributed by atoms with Gasteiger partial charge in [0.15, 0.2) is 6.61 Å². The van der Waals surface area contributed by atoms with Gasteiger partial charge in [0.2, 0.25) is 0 Å². The van der Waals surface area contributed by atoms with Crippen LogP contribution in [0.25, 0.3) is 0 Å². The van der Waals surface area contributed by atoms with Gasteiger partial charge in [-0.3, -0.25) is 9.59 Å². The van der Waals surface area contributed by atoms with Gasteiger partial charge in [0.05, 0.1) is 15.7 Å². The molecule has 3 rings (SSSR count). The van der Waals surface area contributed by atoms with Crippen molar-refractivity contribution < 1.29 is 14.3 Å². The number of halogens is 2. The normalized spacial score (nSPS) is 25.4. The van der Waals surface area contributed by atoms with Crippen LogP contribution in [0.4, 0.5) is 5.69 Å². The van der Waals surface area contributed by atoms with Crippen LogP contribution in [0, 0.1) is 17.8 Å². The summed E-state index contributed by atoms with van der Waals surface area (Å²) < 4.78 is 5.09. The second-order valence-electron chi connectivity index (χ2n) is 6.44. The third-order valence-corrected chi connectivity index (χ3v) is 5.53. The molecular weight excluding hydrogens is 337 g/mol. The standard InChI is InChI=1S/C17H19Cl2NO3/c18-13-2-1-3-14(19)17(13)20-15(21)9-23-16(22)8-12-7-10-4-5-11(12)6-10/h1-3,10-12H,4-9H2,(H,20,21)/t10-,11-,12-/m1/s1. The number of fused-ring (bicyclic) bond motifs is 2. The predicted octanol–water partition coefficient (Wildman–Crippen LogP) is 4.30. The van der Waals surface area contributed by atoms with Gasteiger partial charge in [-0.25, -0.2) is 0 Å². The number of para-hydroxylation sites is 1. The van der Waals surface area contributed by atoms with Crippen LogP contribution in [-0.2, 0) is 14.3 Å². The first-order valence-electron chi connectivity index (χ1n) is 7.92. The molecule has 2 saturated carbocycles. The predicted molar refractivity (Wildman–Crippen MR) is 89.6 cm³/mol. The summed E-state index contributed by atoms with van der Waals surface area (Å²) in [5.74, 6) is 1.15. The van der Waals surface area contributed by atoms with Crippen molar-refractivity contribution in [2.45, 2.75) is 32.1 Å². The summed E-state index contributed by atoms with van der Waals surface area (Å²) in [6.45, 7) is -0.318. The Hall–Kier alpha value is -1.26. The minimum atomic E-state index is -0.443. The number of benzene rings is 1. The van der Waals surface area contributed by atoms with Gasteiger partial charge in [-0.05, 0) is 49.1 Å². The maximum absolute atomic E-state index is 11.9. The average molecular weight is 356 g/mol. The fraction of sp³-hybridized carbons (Fsp3) is 0.529. The van der Waals surface area contributed by atoms with E-state index in [0.717, 1.165) is 12.3 Å². The van der Waals surface area contributed by atoms with Gasteiger partial charge >= 0.3 is 5.97 Å².